The molecule has 0 unspecified atom stereocenters. The van der Waals surface area contributed by atoms with E-state index in [0.717, 1.165) is 13.2 Å². The van der Waals surface area contributed by atoms with E-state index in [-0.39, 0.29) is 0 Å². The Labute approximate surface area is 64.5 Å². The maximum absolute atomic E-state index is 4.83. The molecule has 0 aromatic rings. The van der Waals surface area contributed by atoms with Crippen molar-refractivity contribution >= 4 is 0 Å². The van der Waals surface area contributed by atoms with E-state index in [0.29, 0.717) is 6.10 Å². The maximum atomic E-state index is 4.83. The Morgan fingerprint density at radius 3 is 1.40 bits per heavy atom. The molecule has 0 fully saturated rings. The van der Waals surface area contributed by atoms with Crippen LogP contribution >= 0.6 is 0 Å². The van der Waals surface area contributed by atoms with Crippen molar-refractivity contribution in [3.8, 4) is 0 Å². The van der Waals surface area contributed by atoms with Gasteiger partial charge in [-0.1, -0.05) is 0 Å². The zero-order valence-corrected chi connectivity index (χ0v) is 7.81. The van der Waals surface area contributed by atoms with Crippen LogP contribution in [-0.4, -0.2) is 26.4 Å². The number of methoxy groups -OCH3 is 1. The molecule has 0 aliphatic heterocycles. The second kappa shape index (κ2) is 11.7. The van der Waals surface area contributed by atoms with Gasteiger partial charge in [-0.25, -0.2) is 0 Å². The smallest absolute Gasteiger partial charge is 0.0515 e. The summed E-state index contributed by atoms with van der Waals surface area (Å²) in [5.41, 5.74) is 0. The molecule has 0 radical (unpaired) electrons. The van der Waals surface area contributed by atoms with Crippen molar-refractivity contribution in [3.63, 3.8) is 0 Å². The van der Waals surface area contributed by atoms with Crippen LogP contribution in [-0.2, 0) is 9.47 Å². The molecule has 0 aromatic carbocycles. The average Bonchev–Trinajstić information content (AvgIpc) is 1.91. The van der Waals surface area contributed by atoms with Crippen LogP contribution in [0, 0.1) is 0 Å². The quantitative estimate of drug-likeness (QED) is 0.610. The van der Waals surface area contributed by atoms with Gasteiger partial charge in [-0.2, -0.15) is 0 Å². The predicted molar refractivity (Wildman–Crippen MR) is 44.3 cm³/mol. The number of hydrogen-bond acceptors (Lipinski definition) is 2. The zero-order chi connectivity index (χ0) is 8.41. The van der Waals surface area contributed by atoms with Crippen LogP contribution in [0.25, 0.3) is 0 Å². The lowest BCUT2D eigenvalue weighted by Crippen LogP contribution is -1.94. The van der Waals surface area contributed by atoms with E-state index < -0.39 is 0 Å². The molecule has 0 aromatic heterocycles. The molecule has 0 amide bonds. The average molecular weight is 148 g/mol. The van der Waals surface area contributed by atoms with Gasteiger partial charge < -0.3 is 9.47 Å². The van der Waals surface area contributed by atoms with Crippen molar-refractivity contribution in [2.45, 2.75) is 33.8 Å². The summed E-state index contributed by atoms with van der Waals surface area (Å²) in [6, 6.07) is 0. The Hall–Kier alpha value is -0.0800. The van der Waals surface area contributed by atoms with E-state index in [1.54, 1.807) is 7.11 Å². The molecular formula is C8H20O2. The molecule has 64 valence electrons. The van der Waals surface area contributed by atoms with Gasteiger partial charge in [0, 0.05) is 20.3 Å². The van der Waals surface area contributed by atoms with Gasteiger partial charge in [0.05, 0.1) is 6.10 Å². The third-order valence-electron chi connectivity index (χ3n) is 0.880. The number of ether oxygens (including phenoxy) is 2. The van der Waals surface area contributed by atoms with Crippen molar-refractivity contribution in [1.29, 1.82) is 0 Å². The minimum atomic E-state index is 0.384. The van der Waals surface area contributed by atoms with E-state index in [1.165, 1.54) is 0 Å². The van der Waals surface area contributed by atoms with Crippen molar-refractivity contribution in [1.82, 2.24) is 0 Å². The Balaban J connectivity index is 0. The highest BCUT2D eigenvalue weighted by molar-refractivity contribution is 4.27. The number of hydrogen-bond donors (Lipinski definition) is 0. The highest BCUT2D eigenvalue weighted by Gasteiger charge is 1.78. The Kier molecular flexibility index (Phi) is 14.7. The summed E-state index contributed by atoms with van der Waals surface area (Å²) in [6.07, 6.45) is 0.384. The SMILES string of the molecule is CCOCC.COC(C)C. The summed E-state index contributed by atoms with van der Waals surface area (Å²) in [5, 5.41) is 0. The maximum Gasteiger partial charge on any atom is 0.0515 e. The summed E-state index contributed by atoms with van der Waals surface area (Å²) in [4.78, 5) is 0. The van der Waals surface area contributed by atoms with E-state index in [9.17, 15) is 0 Å². The zero-order valence-electron chi connectivity index (χ0n) is 7.81. The van der Waals surface area contributed by atoms with E-state index >= 15 is 0 Å². The van der Waals surface area contributed by atoms with Crippen LogP contribution in [0.4, 0.5) is 0 Å². The van der Waals surface area contributed by atoms with Crippen LogP contribution in [0.1, 0.15) is 27.7 Å². The molecule has 0 N–H and O–H groups in total. The van der Waals surface area contributed by atoms with Crippen molar-refractivity contribution in [3.05, 3.63) is 0 Å². The van der Waals surface area contributed by atoms with Gasteiger partial charge in [-0.3, -0.25) is 0 Å². The molecule has 0 bridgehead atoms. The lowest BCUT2D eigenvalue weighted by Gasteiger charge is -1.94. The first kappa shape index (κ1) is 12.6. The van der Waals surface area contributed by atoms with E-state index in [1.807, 2.05) is 27.7 Å². The molecule has 0 atom stereocenters. The molecular weight excluding hydrogens is 128 g/mol. The molecule has 0 rings (SSSR count). The van der Waals surface area contributed by atoms with Gasteiger partial charge in [-0.05, 0) is 27.7 Å². The Bertz CT molecular complexity index is 42.5. The van der Waals surface area contributed by atoms with Crippen LogP contribution in [0.5, 0.6) is 0 Å². The van der Waals surface area contributed by atoms with Gasteiger partial charge in [0.2, 0.25) is 0 Å². The summed E-state index contributed by atoms with van der Waals surface area (Å²) in [6.45, 7) is 9.67. The summed E-state index contributed by atoms with van der Waals surface area (Å²) < 4.78 is 9.58. The van der Waals surface area contributed by atoms with Crippen LogP contribution < -0.4 is 0 Å². The Morgan fingerprint density at radius 2 is 1.40 bits per heavy atom. The van der Waals surface area contributed by atoms with Gasteiger partial charge >= 0.3 is 0 Å². The van der Waals surface area contributed by atoms with E-state index in [2.05, 4.69) is 0 Å². The topological polar surface area (TPSA) is 18.5 Å². The third kappa shape index (κ3) is 24.7. The molecule has 2 heteroatoms. The standard InChI is InChI=1S/2C4H10O/c1-4(2)5-3;1-3-5-4-2/h4H,1-3H3;3-4H2,1-2H3. The second-order valence-electron chi connectivity index (χ2n) is 2.07. The molecule has 2 nitrogen and oxygen atoms in total. The van der Waals surface area contributed by atoms with Crippen molar-refractivity contribution < 1.29 is 9.47 Å². The minimum Gasteiger partial charge on any atom is -0.382 e. The van der Waals surface area contributed by atoms with Crippen molar-refractivity contribution in [2.75, 3.05) is 20.3 Å². The molecule has 0 heterocycles. The molecule has 0 spiro atoms. The lowest BCUT2D eigenvalue weighted by atomic mass is 10.5. The minimum absolute atomic E-state index is 0.384. The van der Waals surface area contributed by atoms with Gasteiger partial charge in [0.15, 0.2) is 0 Å². The fourth-order valence-electron chi connectivity index (χ4n) is 0.204. The summed E-state index contributed by atoms with van der Waals surface area (Å²) in [7, 11) is 1.70. The Morgan fingerprint density at radius 1 is 1.10 bits per heavy atom. The molecule has 0 saturated heterocycles. The lowest BCUT2D eigenvalue weighted by molar-refractivity contribution is 0.134. The van der Waals surface area contributed by atoms with Crippen LogP contribution in [0.2, 0.25) is 0 Å². The monoisotopic (exact) mass is 148 g/mol. The fourth-order valence-corrected chi connectivity index (χ4v) is 0.204. The van der Waals surface area contributed by atoms with Gasteiger partial charge in [0.1, 0.15) is 0 Å². The van der Waals surface area contributed by atoms with Gasteiger partial charge in [0.25, 0.3) is 0 Å². The molecule has 10 heavy (non-hydrogen) atoms. The number of rotatable bonds is 3. The predicted octanol–water partition coefficient (Wildman–Crippen LogP) is 2.08. The van der Waals surface area contributed by atoms with Crippen LogP contribution in [0.15, 0.2) is 0 Å². The van der Waals surface area contributed by atoms with E-state index in [4.69, 9.17) is 9.47 Å². The highest BCUT2D eigenvalue weighted by Crippen LogP contribution is 1.77. The summed E-state index contributed by atoms with van der Waals surface area (Å²) >= 11 is 0. The highest BCUT2D eigenvalue weighted by atomic mass is 16.5. The first-order valence-electron chi connectivity index (χ1n) is 3.79. The molecule has 0 saturated carbocycles. The van der Waals surface area contributed by atoms with Crippen LogP contribution in [0.3, 0.4) is 0 Å². The summed E-state index contributed by atoms with van der Waals surface area (Å²) in [5.74, 6) is 0. The third-order valence-corrected chi connectivity index (χ3v) is 0.880. The largest absolute Gasteiger partial charge is 0.382 e. The normalized spacial score (nSPS) is 9.00. The first-order chi connectivity index (χ1) is 4.68. The second-order valence-corrected chi connectivity index (χ2v) is 2.07. The van der Waals surface area contributed by atoms with Gasteiger partial charge in [-0.15, -0.1) is 0 Å². The molecule has 0 aliphatic rings. The fraction of sp³-hybridized carbons (Fsp3) is 1.00. The molecule has 0 aliphatic carbocycles. The first-order valence-corrected chi connectivity index (χ1v) is 3.79. The van der Waals surface area contributed by atoms with Crippen molar-refractivity contribution in [2.24, 2.45) is 0 Å².